The third-order valence-electron chi connectivity index (χ3n) is 3.48. The normalized spacial score (nSPS) is 16.8. The Morgan fingerprint density at radius 1 is 1.17 bits per heavy atom. The van der Waals surface area contributed by atoms with E-state index in [1.165, 1.54) is 16.5 Å². The Balaban J connectivity index is 1.67. The lowest BCUT2D eigenvalue weighted by molar-refractivity contribution is 0.323. The van der Waals surface area contributed by atoms with Crippen molar-refractivity contribution in [3.05, 3.63) is 48.3 Å². The molecule has 18 heavy (non-hydrogen) atoms. The van der Waals surface area contributed by atoms with Crippen molar-refractivity contribution in [3.8, 4) is 0 Å². The molecule has 2 N–H and O–H groups in total. The molecule has 0 radical (unpaired) electrons. The van der Waals surface area contributed by atoms with Crippen LogP contribution in [0.2, 0.25) is 0 Å². The Morgan fingerprint density at radius 3 is 2.89 bits per heavy atom. The second-order valence-electron chi connectivity index (χ2n) is 4.73. The topological polar surface area (TPSA) is 31.1 Å². The summed E-state index contributed by atoms with van der Waals surface area (Å²) < 4.78 is 0. The van der Waals surface area contributed by atoms with Gasteiger partial charge in [0.2, 0.25) is 0 Å². The Hall–Kier alpha value is -1.74. The van der Waals surface area contributed by atoms with Crippen LogP contribution in [0.5, 0.6) is 0 Å². The van der Waals surface area contributed by atoms with Crippen molar-refractivity contribution < 1.29 is 0 Å². The summed E-state index contributed by atoms with van der Waals surface area (Å²) in [6.07, 6.45) is 7.62. The molecule has 3 rings (SSSR count). The Kier molecular flexibility index (Phi) is 3.33. The fourth-order valence-electron chi connectivity index (χ4n) is 2.46. The molecule has 1 aromatic carbocycles. The van der Waals surface area contributed by atoms with Crippen LogP contribution in [0.15, 0.2) is 42.7 Å². The highest BCUT2D eigenvalue weighted by molar-refractivity contribution is 5.83. The maximum Gasteiger partial charge on any atom is 0.0456 e. The van der Waals surface area contributed by atoms with E-state index in [0.717, 1.165) is 32.6 Å². The van der Waals surface area contributed by atoms with Gasteiger partial charge in [0.25, 0.3) is 0 Å². The highest BCUT2D eigenvalue weighted by atomic mass is 15.2. The summed E-state index contributed by atoms with van der Waals surface area (Å²) in [5.74, 6) is 0. The van der Waals surface area contributed by atoms with Gasteiger partial charge in [0.15, 0.2) is 0 Å². The van der Waals surface area contributed by atoms with Crippen molar-refractivity contribution >= 4 is 10.9 Å². The summed E-state index contributed by atoms with van der Waals surface area (Å²) in [5.41, 5.74) is 2.60. The molecule has 0 saturated carbocycles. The van der Waals surface area contributed by atoms with Crippen LogP contribution in [0.25, 0.3) is 10.9 Å². The number of aromatic amines is 1. The van der Waals surface area contributed by atoms with E-state index in [-0.39, 0.29) is 0 Å². The quantitative estimate of drug-likeness (QED) is 0.862. The van der Waals surface area contributed by atoms with E-state index >= 15 is 0 Å². The maximum atomic E-state index is 3.36. The number of hydrogen-bond donors (Lipinski definition) is 2. The fraction of sp³-hybridized carbons (Fsp3) is 0.333. The van der Waals surface area contributed by atoms with Crippen LogP contribution in [-0.2, 0) is 6.42 Å². The molecule has 0 atom stereocenters. The van der Waals surface area contributed by atoms with Crippen LogP contribution in [0.1, 0.15) is 5.56 Å². The molecule has 1 aromatic heterocycles. The summed E-state index contributed by atoms with van der Waals surface area (Å²) in [6.45, 7) is 4.42. The molecule has 1 fully saturated rings. The van der Waals surface area contributed by atoms with Crippen molar-refractivity contribution in [1.82, 2.24) is 15.2 Å². The summed E-state index contributed by atoms with van der Waals surface area (Å²) in [6, 6.07) is 8.47. The third kappa shape index (κ3) is 2.41. The van der Waals surface area contributed by atoms with Crippen molar-refractivity contribution in [1.29, 1.82) is 0 Å². The molecule has 0 aliphatic carbocycles. The summed E-state index contributed by atoms with van der Waals surface area (Å²) >= 11 is 0. The van der Waals surface area contributed by atoms with E-state index in [1.54, 1.807) is 0 Å². The number of aromatic nitrogens is 1. The fourth-order valence-corrected chi connectivity index (χ4v) is 2.46. The number of fused-ring (bicyclic) bond motifs is 1. The van der Waals surface area contributed by atoms with Crippen LogP contribution in [0, 0.1) is 0 Å². The van der Waals surface area contributed by atoms with E-state index in [4.69, 9.17) is 0 Å². The Bertz CT molecular complexity index is 535. The van der Waals surface area contributed by atoms with Gasteiger partial charge in [0, 0.05) is 43.3 Å². The first-order valence-electron chi connectivity index (χ1n) is 6.60. The first-order valence-corrected chi connectivity index (χ1v) is 6.60. The van der Waals surface area contributed by atoms with Crippen molar-refractivity contribution in [2.24, 2.45) is 0 Å². The minimum absolute atomic E-state index is 0.994. The number of benzene rings is 1. The van der Waals surface area contributed by atoms with Gasteiger partial charge in [-0.2, -0.15) is 0 Å². The van der Waals surface area contributed by atoms with Gasteiger partial charge >= 0.3 is 0 Å². The van der Waals surface area contributed by atoms with E-state index in [0.29, 0.717) is 0 Å². The van der Waals surface area contributed by atoms with Gasteiger partial charge in [-0.25, -0.2) is 0 Å². The molecule has 94 valence electrons. The number of para-hydroxylation sites is 1. The van der Waals surface area contributed by atoms with Gasteiger partial charge in [0.05, 0.1) is 0 Å². The highest BCUT2D eigenvalue weighted by Crippen LogP contribution is 2.18. The van der Waals surface area contributed by atoms with E-state index in [1.807, 2.05) is 0 Å². The number of rotatable bonds is 3. The zero-order valence-electron chi connectivity index (χ0n) is 10.5. The van der Waals surface area contributed by atoms with Gasteiger partial charge < -0.3 is 15.2 Å². The Labute approximate surface area is 107 Å². The molecule has 2 heterocycles. The monoisotopic (exact) mass is 241 g/mol. The second-order valence-corrected chi connectivity index (χ2v) is 4.73. The van der Waals surface area contributed by atoms with Crippen molar-refractivity contribution in [2.45, 2.75) is 6.42 Å². The third-order valence-corrected chi connectivity index (χ3v) is 3.48. The number of piperazine rings is 1. The molecule has 1 aliphatic rings. The molecule has 0 amide bonds. The molecule has 3 nitrogen and oxygen atoms in total. The number of hydrogen-bond acceptors (Lipinski definition) is 2. The van der Waals surface area contributed by atoms with Gasteiger partial charge in [-0.15, -0.1) is 0 Å². The SMILES string of the molecule is C(=CN1CCNCC1)Cc1c[nH]c2ccccc12. The molecular formula is C15H19N3. The largest absolute Gasteiger partial charge is 0.375 e. The van der Waals surface area contributed by atoms with Crippen molar-refractivity contribution in [2.75, 3.05) is 26.2 Å². The minimum Gasteiger partial charge on any atom is -0.375 e. The first kappa shape index (κ1) is 11.4. The average Bonchev–Trinajstić information content (AvgIpc) is 2.84. The van der Waals surface area contributed by atoms with Gasteiger partial charge in [0.1, 0.15) is 0 Å². The maximum absolute atomic E-state index is 3.36. The van der Waals surface area contributed by atoms with Crippen molar-refractivity contribution in [3.63, 3.8) is 0 Å². The van der Waals surface area contributed by atoms with Crippen LogP contribution < -0.4 is 5.32 Å². The molecule has 3 heteroatoms. The Morgan fingerprint density at radius 2 is 2.00 bits per heavy atom. The lowest BCUT2D eigenvalue weighted by atomic mass is 10.1. The summed E-state index contributed by atoms with van der Waals surface area (Å²) in [4.78, 5) is 5.70. The van der Waals surface area contributed by atoms with Crippen LogP contribution in [0.3, 0.4) is 0 Å². The number of nitrogens with one attached hydrogen (secondary N) is 2. The minimum atomic E-state index is 0.994. The molecule has 2 aromatic rings. The molecule has 1 saturated heterocycles. The molecular weight excluding hydrogens is 222 g/mol. The molecule has 0 unspecified atom stereocenters. The second kappa shape index (κ2) is 5.27. The van der Waals surface area contributed by atoms with Crippen LogP contribution >= 0.6 is 0 Å². The van der Waals surface area contributed by atoms with E-state index in [2.05, 4.69) is 57.9 Å². The van der Waals surface area contributed by atoms with Crippen LogP contribution in [0.4, 0.5) is 0 Å². The standard InChI is InChI=1S/C15H19N3/c1-2-6-15-14(5-1)13(12-17-15)4-3-9-18-10-7-16-8-11-18/h1-3,5-6,9,12,16-17H,4,7-8,10-11H2. The predicted octanol–water partition coefficient (Wildman–Crippen LogP) is 2.13. The van der Waals surface area contributed by atoms with Gasteiger partial charge in [-0.05, 0) is 24.3 Å². The van der Waals surface area contributed by atoms with Crippen LogP contribution in [-0.4, -0.2) is 36.1 Å². The van der Waals surface area contributed by atoms with E-state index < -0.39 is 0 Å². The number of allylic oxidation sites excluding steroid dienone is 1. The number of H-pyrrole nitrogens is 1. The lowest BCUT2D eigenvalue weighted by Crippen LogP contribution is -2.40. The number of nitrogens with zero attached hydrogens (tertiary/aromatic N) is 1. The predicted molar refractivity (Wildman–Crippen MR) is 75.6 cm³/mol. The zero-order valence-corrected chi connectivity index (χ0v) is 10.5. The molecule has 0 bridgehead atoms. The van der Waals surface area contributed by atoms with Gasteiger partial charge in [-0.3, -0.25) is 0 Å². The van der Waals surface area contributed by atoms with E-state index in [9.17, 15) is 0 Å². The molecule has 1 aliphatic heterocycles. The average molecular weight is 241 g/mol. The smallest absolute Gasteiger partial charge is 0.0456 e. The first-order chi connectivity index (χ1) is 8.93. The zero-order chi connectivity index (χ0) is 12.2. The summed E-state index contributed by atoms with van der Waals surface area (Å²) in [5, 5.41) is 4.70. The highest BCUT2D eigenvalue weighted by Gasteiger charge is 2.04. The lowest BCUT2D eigenvalue weighted by Gasteiger charge is -2.25. The summed E-state index contributed by atoms with van der Waals surface area (Å²) in [7, 11) is 0. The van der Waals surface area contributed by atoms with Gasteiger partial charge in [-0.1, -0.05) is 24.3 Å². The molecule has 0 spiro atoms.